The summed E-state index contributed by atoms with van der Waals surface area (Å²) in [5, 5.41) is 10.9. The molecule has 0 saturated carbocycles. The van der Waals surface area contributed by atoms with Gasteiger partial charge in [-0.2, -0.15) is 0 Å². The van der Waals surface area contributed by atoms with Gasteiger partial charge in [-0.3, -0.25) is 9.59 Å². The number of carboxylic acids is 1. The highest BCUT2D eigenvalue weighted by molar-refractivity contribution is 7.14. The van der Waals surface area contributed by atoms with E-state index in [4.69, 9.17) is 10.8 Å². The van der Waals surface area contributed by atoms with Gasteiger partial charge in [0.25, 0.3) is 5.91 Å². The van der Waals surface area contributed by atoms with Crippen LogP contribution < -0.4 is 11.1 Å². The second-order valence-corrected chi connectivity index (χ2v) is 4.59. The summed E-state index contributed by atoms with van der Waals surface area (Å²) in [4.78, 5) is 33.8. The fourth-order valence-corrected chi connectivity index (χ4v) is 1.87. The molecular weight excluding hydrogens is 256 g/mol. The third kappa shape index (κ3) is 4.02. The number of carbonyl (C=O) groups excluding carboxylic acids is 2. The molecule has 18 heavy (non-hydrogen) atoms. The largest absolute Gasteiger partial charge is 0.478 e. The number of primary amides is 1. The van der Waals surface area contributed by atoms with Gasteiger partial charge in [0.15, 0.2) is 0 Å². The number of nitrogens with two attached hydrogens (primary N) is 1. The molecule has 4 N–H and O–H groups in total. The monoisotopic (exact) mass is 268 g/mol. The molecule has 0 aliphatic carbocycles. The number of carbonyl (C=O) groups is 3. The summed E-state index contributed by atoms with van der Waals surface area (Å²) in [7, 11) is 0. The molecule has 0 radical (unpaired) electrons. The molecule has 0 aromatic carbocycles. The Hall–Kier alpha value is -2.15. The van der Waals surface area contributed by atoms with Crippen molar-refractivity contribution in [3.63, 3.8) is 0 Å². The molecular formula is C11H12N2O4S. The summed E-state index contributed by atoms with van der Waals surface area (Å²) in [6.07, 6.45) is 2.38. The zero-order valence-corrected chi connectivity index (χ0v) is 10.4. The number of hydrogen-bond acceptors (Lipinski definition) is 4. The second-order valence-electron chi connectivity index (χ2n) is 3.47. The Morgan fingerprint density at radius 1 is 1.44 bits per heavy atom. The van der Waals surface area contributed by atoms with E-state index in [2.05, 4.69) is 5.32 Å². The lowest BCUT2D eigenvalue weighted by Crippen LogP contribution is -2.41. The average molecular weight is 268 g/mol. The molecule has 6 nitrogen and oxygen atoms in total. The van der Waals surface area contributed by atoms with Crippen LogP contribution in [0.4, 0.5) is 0 Å². The minimum Gasteiger partial charge on any atom is -0.478 e. The van der Waals surface area contributed by atoms with Crippen molar-refractivity contribution in [1.29, 1.82) is 0 Å². The zero-order chi connectivity index (χ0) is 13.7. The lowest BCUT2D eigenvalue weighted by atomic mass is 10.3. The Labute approximate surface area is 107 Å². The highest BCUT2D eigenvalue weighted by Crippen LogP contribution is 2.17. The first-order valence-corrected chi connectivity index (χ1v) is 5.83. The van der Waals surface area contributed by atoms with Crippen molar-refractivity contribution < 1.29 is 19.5 Å². The summed E-state index contributed by atoms with van der Waals surface area (Å²) >= 11 is 1.12. The summed E-state index contributed by atoms with van der Waals surface area (Å²) in [5.41, 5.74) is 5.02. The topological polar surface area (TPSA) is 109 Å². The summed E-state index contributed by atoms with van der Waals surface area (Å²) in [6, 6.07) is 2.42. The minimum atomic E-state index is -1.06. The fourth-order valence-electron chi connectivity index (χ4n) is 1.06. The van der Waals surface area contributed by atoms with Gasteiger partial charge >= 0.3 is 5.97 Å². The van der Waals surface area contributed by atoms with Crippen molar-refractivity contribution in [3.05, 3.63) is 28.0 Å². The summed E-state index contributed by atoms with van der Waals surface area (Å²) < 4.78 is 0. The molecule has 0 bridgehead atoms. The Morgan fingerprint density at radius 2 is 2.11 bits per heavy atom. The third-order valence-electron chi connectivity index (χ3n) is 2.02. The van der Waals surface area contributed by atoms with E-state index in [1.54, 1.807) is 12.1 Å². The maximum absolute atomic E-state index is 11.7. The van der Waals surface area contributed by atoms with Gasteiger partial charge in [-0.1, -0.05) is 0 Å². The van der Waals surface area contributed by atoms with Crippen molar-refractivity contribution in [1.82, 2.24) is 5.32 Å². The van der Waals surface area contributed by atoms with Crippen molar-refractivity contribution in [2.75, 3.05) is 0 Å². The molecule has 1 aromatic rings. The van der Waals surface area contributed by atoms with E-state index in [1.807, 2.05) is 0 Å². The van der Waals surface area contributed by atoms with Gasteiger partial charge in [-0.05, 0) is 25.1 Å². The number of nitrogens with one attached hydrogen (secondary N) is 1. The molecule has 1 aromatic heterocycles. The van der Waals surface area contributed by atoms with Gasteiger partial charge in [-0.25, -0.2) is 4.79 Å². The lowest BCUT2D eigenvalue weighted by Gasteiger charge is -2.08. The van der Waals surface area contributed by atoms with E-state index in [1.165, 1.54) is 13.0 Å². The smallest absolute Gasteiger partial charge is 0.328 e. The highest BCUT2D eigenvalue weighted by Gasteiger charge is 2.14. The van der Waals surface area contributed by atoms with E-state index >= 15 is 0 Å². The normalized spacial score (nSPS) is 12.3. The molecule has 7 heteroatoms. The number of thiophene rings is 1. The molecule has 1 atom stereocenters. The Kier molecular flexibility index (Phi) is 4.61. The number of carboxylic acid groups (broad SMARTS) is 1. The fraction of sp³-hybridized carbons (Fsp3) is 0.182. The molecule has 1 heterocycles. The summed E-state index contributed by atoms with van der Waals surface area (Å²) in [5.74, 6) is -2.09. The standard InChI is InChI=1S/C11H12N2O4S/c1-6(10(12)16)13-11(17)8-4-2-7(18-8)3-5-9(14)15/h2-6H,1H3,(H2,12,16)(H,13,17)(H,14,15). The van der Waals surface area contributed by atoms with Gasteiger partial charge < -0.3 is 16.2 Å². The van der Waals surface area contributed by atoms with Crippen molar-refractivity contribution in [3.8, 4) is 0 Å². The first kappa shape index (κ1) is 13.9. The third-order valence-corrected chi connectivity index (χ3v) is 3.06. The van der Waals surface area contributed by atoms with Crippen molar-refractivity contribution in [2.45, 2.75) is 13.0 Å². The minimum absolute atomic E-state index is 0.383. The van der Waals surface area contributed by atoms with Crippen LogP contribution in [0.2, 0.25) is 0 Å². The zero-order valence-electron chi connectivity index (χ0n) is 9.54. The Balaban J connectivity index is 2.71. The van der Waals surface area contributed by atoms with Crippen LogP contribution in [0.25, 0.3) is 6.08 Å². The van der Waals surface area contributed by atoms with Gasteiger partial charge in [0.1, 0.15) is 6.04 Å². The number of aliphatic carboxylic acids is 1. The Bertz CT molecular complexity index is 507. The van der Waals surface area contributed by atoms with Gasteiger partial charge in [0, 0.05) is 11.0 Å². The van der Waals surface area contributed by atoms with Crippen LogP contribution in [0.3, 0.4) is 0 Å². The van der Waals surface area contributed by atoms with Crippen molar-refractivity contribution in [2.24, 2.45) is 5.73 Å². The first-order valence-electron chi connectivity index (χ1n) is 5.01. The molecule has 96 valence electrons. The van der Waals surface area contributed by atoms with Crippen molar-refractivity contribution >= 4 is 35.2 Å². The van der Waals surface area contributed by atoms with Crippen LogP contribution in [-0.2, 0) is 9.59 Å². The second kappa shape index (κ2) is 5.97. The van der Waals surface area contributed by atoms with E-state index in [0.29, 0.717) is 9.75 Å². The van der Waals surface area contributed by atoms with Crippen LogP contribution in [0, 0.1) is 0 Å². The quantitative estimate of drug-likeness (QED) is 0.673. The maximum atomic E-state index is 11.7. The van der Waals surface area contributed by atoms with Crippen LogP contribution in [0.5, 0.6) is 0 Å². The number of hydrogen-bond donors (Lipinski definition) is 3. The predicted molar refractivity (Wildman–Crippen MR) is 67.1 cm³/mol. The van der Waals surface area contributed by atoms with Crippen LogP contribution in [-0.4, -0.2) is 28.9 Å². The Morgan fingerprint density at radius 3 is 2.67 bits per heavy atom. The summed E-state index contributed by atoms with van der Waals surface area (Å²) in [6.45, 7) is 1.49. The van der Waals surface area contributed by atoms with Gasteiger partial charge in [0.05, 0.1) is 4.88 Å². The van der Waals surface area contributed by atoms with E-state index in [0.717, 1.165) is 17.4 Å². The molecule has 2 amide bonds. The molecule has 0 saturated heterocycles. The molecule has 0 aliphatic heterocycles. The average Bonchev–Trinajstić information content (AvgIpc) is 2.74. The molecule has 0 spiro atoms. The molecule has 0 fully saturated rings. The van der Waals surface area contributed by atoms with E-state index in [9.17, 15) is 14.4 Å². The molecule has 1 unspecified atom stereocenters. The SMILES string of the molecule is CC(NC(=O)c1ccc(C=CC(=O)O)s1)C(N)=O. The maximum Gasteiger partial charge on any atom is 0.328 e. The van der Waals surface area contributed by atoms with E-state index in [-0.39, 0.29) is 0 Å². The molecule has 0 aliphatic rings. The first-order chi connectivity index (χ1) is 8.40. The van der Waals surface area contributed by atoms with Gasteiger partial charge in [-0.15, -0.1) is 11.3 Å². The van der Waals surface area contributed by atoms with Crippen LogP contribution in [0.1, 0.15) is 21.5 Å². The number of amides is 2. The van der Waals surface area contributed by atoms with Gasteiger partial charge in [0.2, 0.25) is 5.91 Å². The predicted octanol–water partition coefficient (Wildman–Crippen LogP) is 0.450. The van der Waals surface area contributed by atoms with Crippen LogP contribution >= 0.6 is 11.3 Å². The van der Waals surface area contributed by atoms with Crippen LogP contribution in [0.15, 0.2) is 18.2 Å². The van der Waals surface area contributed by atoms with E-state index < -0.39 is 23.8 Å². The lowest BCUT2D eigenvalue weighted by molar-refractivity contribution is -0.131. The molecule has 1 rings (SSSR count). The highest BCUT2D eigenvalue weighted by atomic mass is 32.1. The number of rotatable bonds is 5.